The SMILES string of the molecule is CC(C)Oc1cnccc1-c1cn(C)c(=O)c2cc(CN3CCN(S(C)(=O)=O)C[C@H]3C)oc12. The summed E-state index contributed by atoms with van der Waals surface area (Å²) in [5.74, 6) is 1.28. The lowest BCUT2D eigenvalue weighted by molar-refractivity contribution is 0.115. The summed E-state index contributed by atoms with van der Waals surface area (Å²) in [6.45, 7) is 7.83. The fourth-order valence-electron chi connectivity index (χ4n) is 4.22. The minimum absolute atomic E-state index is 0.0234. The van der Waals surface area contributed by atoms with Crippen molar-refractivity contribution < 1.29 is 17.6 Å². The number of aryl methyl sites for hydroxylation is 1. The van der Waals surface area contributed by atoms with Gasteiger partial charge in [-0.2, -0.15) is 4.31 Å². The molecule has 33 heavy (non-hydrogen) atoms. The molecule has 1 aliphatic heterocycles. The van der Waals surface area contributed by atoms with Gasteiger partial charge >= 0.3 is 0 Å². The highest BCUT2D eigenvalue weighted by Crippen LogP contribution is 2.35. The van der Waals surface area contributed by atoms with E-state index >= 15 is 0 Å². The van der Waals surface area contributed by atoms with Crippen LogP contribution in [0.2, 0.25) is 0 Å². The van der Waals surface area contributed by atoms with Crippen molar-refractivity contribution in [3.8, 4) is 16.9 Å². The van der Waals surface area contributed by atoms with Crippen LogP contribution >= 0.6 is 0 Å². The van der Waals surface area contributed by atoms with Crippen LogP contribution in [0.1, 0.15) is 26.5 Å². The number of hydrogen-bond donors (Lipinski definition) is 0. The van der Waals surface area contributed by atoms with Crippen LogP contribution in [0.3, 0.4) is 0 Å². The lowest BCUT2D eigenvalue weighted by Crippen LogP contribution is -2.52. The van der Waals surface area contributed by atoms with Crippen molar-refractivity contribution >= 4 is 21.0 Å². The number of sulfonamides is 1. The first-order valence-corrected chi connectivity index (χ1v) is 12.8. The maximum atomic E-state index is 12.9. The van der Waals surface area contributed by atoms with Gasteiger partial charge in [0.05, 0.1) is 30.5 Å². The number of ether oxygens (including phenoxy) is 1. The summed E-state index contributed by atoms with van der Waals surface area (Å²) < 4.78 is 39.0. The highest BCUT2D eigenvalue weighted by atomic mass is 32.2. The predicted octanol–water partition coefficient (Wildman–Crippen LogP) is 2.45. The van der Waals surface area contributed by atoms with Gasteiger partial charge in [-0.05, 0) is 32.9 Å². The summed E-state index contributed by atoms with van der Waals surface area (Å²) in [4.78, 5) is 19.2. The van der Waals surface area contributed by atoms with E-state index in [1.165, 1.54) is 10.6 Å². The largest absolute Gasteiger partial charge is 0.489 e. The van der Waals surface area contributed by atoms with Gasteiger partial charge in [-0.25, -0.2) is 8.42 Å². The molecule has 1 atom stereocenters. The molecular formula is C23H30N4O5S. The van der Waals surface area contributed by atoms with Gasteiger partial charge in [0, 0.05) is 56.2 Å². The molecular weight excluding hydrogens is 444 g/mol. The Morgan fingerprint density at radius 2 is 2.03 bits per heavy atom. The Morgan fingerprint density at radius 1 is 1.27 bits per heavy atom. The van der Waals surface area contributed by atoms with Crippen LogP contribution in [-0.2, 0) is 23.6 Å². The van der Waals surface area contributed by atoms with Crippen molar-refractivity contribution in [2.24, 2.45) is 7.05 Å². The van der Waals surface area contributed by atoms with Crippen LogP contribution in [0.25, 0.3) is 22.1 Å². The highest BCUT2D eigenvalue weighted by molar-refractivity contribution is 7.88. The average Bonchev–Trinajstić information content (AvgIpc) is 3.16. The van der Waals surface area contributed by atoms with Gasteiger partial charge in [0.15, 0.2) is 0 Å². The quantitative estimate of drug-likeness (QED) is 0.541. The smallest absolute Gasteiger partial charge is 0.261 e. The normalized spacial score (nSPS) is 18.3. The minimum Gasteiger partial charge on any atom is -0.489 e. The second kappa shape index (κ2) is 8.92. The van der Waals surface area contributed by atoms with Crippen molar-refractivity contribution in [3.05, 3.63) is 46.8 Å². The first kappa shape index (κ1) is 23.5. The summed E-state index contributed by atoms with van der Waals surface area (Å²) >= 11 is 0. The molecule has 1 saturated heterocycles. The summed E-state index contributed by atoms with van der Waals surface area (Å²) in [5, 5.41) is 0.500. The number of aromatic nitrogens is 2. The highest BCUT2D eigenvalue weighted by Gasteiger charge is 2.29. The van der Waals surface area contributed by atoms with E-state index in [0.29, 0.717) is 48.7 Å². The van der Waals surface area contributed by atoms with E-state index in [4.69, 9.17) is 9.15 Å². The molecule has 0 amide bonds. The van der Waals surface area contributed by atoms with Gasteiger partial charge in [-0.15, -0.1) is 0 Å². The van der Waals surface area contributed by atoms with Crippen molar-refractivity contribution in [2.45, 2.75) is 39.5 Å². The second-order valence-corrected chi connectivity index (χ2v) is 10.9. The Bertz CT molecular complexity index is 1330. The first-order valence-electron chi connectivity index (χ1n) is 11.0. The number of hydrogen-bond acceptors (Lipinski definition) is 7. The van der Waals surface area contributed by atoms with E-state index in [2.05, 4.69) is 9.88 Å². The van der Waals surface area contributed by atoms with E-state index in [9.17, 15) is 13.2 Å². The van der Waals surface area contributed by atoms with Crippen molar-refractivity contribution in [1.29, 1.82) is 0 Å². The van der Waals surface area contributed by atoms with Gasteiger partial charge in [-0.1, -0.05) is 0 Å². The molecule has 9 nitrogen and oxygen atoms in total. The predicted molar refractivity (Wildman–Crippen MR) is 127 cm³/mol. The Labute approximate surface area is 193 Å². The molecule has 1 aliphatic rings. The summed E-state index contributed by atoms with van der Waals surface area (Å²) in [6, 6.07) is 3.67. The molecule has 178 valence electrons. The van der Waals surface area contributed by atoms with E-state index in [1.807, 2.05) is 26.8 Å². The average molecular weight is 475 g/mol. The third-order valence-corrected chi connectivity index (χ3v) is 7.16. The fourth-order valence-corrected chi connectivity index (χ4v) is 5.12. The Balaban J connectivity index is 1.71. The van der Waals surface area contributed by atoms with Gasteiger partial charge in [0.25, 0.3) is 5.56 Å². The number of nitrogens with zero attached hydrogens (tertiary/aromatic N) is 4. The Morgan fingerprint density at radius 3 is 2.70 bits per heavy atom. The van der Waals surface area contributed by atoms with Gasteiger partial charge < -0.3 is 13.7 Å². The molecule has 3 aromatic rings. The lowest BCUT2D eigenvalue weighted by atomic mass is 10.1. The monoisotopic (exact) mass is 474 g/mol. The summed E-state index contributed by atoms with van der Waals surface area (Å²) in [7, 11) is -1.50. The molecule has 0 aliphatic carbocycles. The molecule has 0 radical (unpaired) electrons. The first-order chi connectivity index (χ1) is 15.5. The molecule has 0 unspecified atom stereocenters. The molecule has 0 N–H and O–H groups in total. The standard InChI is InChI=1S/C23H30N4O5S/c1-15(2)31-21-11-24-7-6-18(21)20-14-25(4)23(28)19-10-17(32-22(19)20)13-26-8-9-27(12-16(26)3)33(5,29)30/h6-7,10-11,14-16H,8-9,12-13H2,1-5H3/t16-/m1/s1. The molecule has 1 fully saturated rings. The number of fused-ring (bicyclic) bond motifs is 1. The third-order valence-electron chi connectivity index (χ3n) is 5.89. The topological polar surface area (TPSA) is 97.9 Å². The molecule has 4 heterocycles. The van der Waals surface area contributed by atoms with Gasteiger partial charge in [0.2, 0.25) is 10.0 Å². The maximum absolute atomic E-state index is 12.9. The molecule has 0 spiro atoms. The molecule has 0 aromatic carbocycles. The van der Waals surface area contributed by atoms with E-state index in [-0.39, 0.29) is 17.7 Å². The van der Waals surface area contributed by atoms with E-state index in [1.54, 1.807) is 36.3 Å². The van der Waals surface area contributed by atoms with Crippen molar-refractivity contribution in [1.82, 2.24) is 18.8 Å². The molecule has 3 aromatic heterocycles. The Kier molecular flexibility index (Phi) is 6.35. The number of rotatable bonds is 6. The zero-order valence-corrected chi connectivity index (χ0v) is 20.4. The molecule has 0 bridgehead atoms. The number of piperazine rings is 1. The van der Waals surface area contributed by atoms with Gasteiger partial charge in [-0.3, -0.25) is 14.7 Å². The van der Waals surface area contributed by atoms with Crippen LogP contribution in [0.15, 0.2) is 39.9 Å². The van der Waals surface area contributed by atoms with E-state index < -0.39 is 10.0 Å². The Hall–Kier alpha value is -2.69. The van der Waals surface area contributed by atoms with Crippen LogP contribution < -0.4 is 10.3 Å². The van der Waals surface area contributed by atoms with Gasteiger partial charge in [0.1, 0.15) is 17.1 Å². The van der Waals surface area contributed by atoms with Crippen molar-refractivity contribution in [2.75, 3.05) is 25.9 Å². The summed E-state index contributed by atoms with van der Waals surface area (Å²) in [6.07, 6.45) is 6.32. The second-order valence-electron chi connectivity index (χ2n) is 8.89. The maximum Gasteiger partial charge on any atom is 0.261 e. The lowest BCUT2D eigenvalue weighted by Gasteiger charge is -2.38. The van der Waals surface area contributed by atoms with Crippen LogP contribution in [0.4, 0.5) is 0 Å². The molecule has 4 rings (SSSR count). The number of pyridine rings is 2. The molecule has 10 heteroatoms. The van der Waals surface area contributed by atoms with Crippen LogP contribution in [0, 0.1) is 0 Å². The molecule has 0 saturated carbocycles. The zero-order valence-electron chi connectivity index (χ0n) is 19.6. The van der Waals surface area contributed by atoms with Crippen LogP contribution in [0.5, 0.6) is 5.75 Å². The summed E-state index contributed by atoms with van der Waals surface area (Å²) in [5.41, 5.74) is 1.93. The third kappa shape index (κ3) is 4.83. The number of furan rings is 1. The fraction of sp³-hybridized carbons (Fsp3) is 0.478. The van der Waals surface area contributed by atoms with Crippen LogP contribution in [-0.4, -0.2) is 65.2 Å². The zero-order chi connectivity index (χ0) is 23.9. The van der Waals surface area contributed by atoms with E-state index in [0.717, 1.165) is 11.1 Å². The minimum atomic E-state index is -3.21. The van der Waals surface area contributed by atoms with Crippen molar-refractivity contribution in [3.63, 3.8) is 0 Å².